The summed E-state index contributed by atoms with van der Waals surface area (Å²) < 4.78 is 0. The molecule has 4 heteroatoms. The lowest BCUT2D eigenvalue weighted by Gasteiger charge is -2.12. The topological polar surface area (TPSA) is 55.1 Å². The van der Waals surface area contributed by atoms with E-state index in [4.69, 9.17) is 5.73 Å². The standard InChI is InChI=1S/C16H20N2OS/c1-12-10-20-11-14(12)9-18-16(19)15(17)8-7-13-5-3-2-4-6-13/h2-6,10-11,15H,7-9,17H2,1H3,(H,18,19)/t15-/m0/s1. The van der Waals surface area contributed by atoms with E-state index in [1.807, 2.05) is 25.1 Å². The Morgan fingerprint density at radius 2 is 2.05 bits per heavy atom. The van der Waals surface area contributed by atoms with Crippen LogP contribution in [0, 0.1) is 6.92 Å². The molecule has 0 aliphatic heterocycles. The van der Waals surface area contributed by atoms with E-state index in [2.05, 4.69) is 28.2 Å². The summed E-state index contributed by atoms with van der Waals surface area (Å²) in [6, 6.07) is 9.65. The predicted octanol–water partition coefficient (Wildman–Crippen LogP) is 2.63. The van der Waals surface area contributed by atoms with Crippen molar-refractivity contribution >= 4 is 17.2 Å². The van der Waals surface area contributed by atoms with E-state index in [0.29, 0.717) is 13.0 Å². The summed E-state index contributed by atoms with van der Waals surface area (Å²) in [6.45, 7) is 2.61. The van der Waals surface area contributed by atoms with Crippen LogP contribution < -0.4 is 11.1 Å². The zero-order chi connectivity index (χ0) is 14.4. The van der Waals surface area contributed by atoms with Crippen LogP contribution >= 0.6 is 11.3 Å². The number of thiophene rings is 1. The summed E-state index contributed by atoms with van der Waals surface area (Å²) in [4.78, 5) is 11.9. The monoisotopic (exact) mass is 288 g/mol. The van der Waals surface area contributed by atoms with E-state index < -0.39 is 6.04 Å². The highest BCUT2D eigenvalue weighted by atomic mass is 32.1. The van der Waals surface area contributed by atoms with Gasteiger partial charge in [-0.25, -0.2) is 0 Å². The molecule has 1 aromatic heterocycles. The van der Waals surface area contributed by atoms with Gasteiger partial charge in [0, 0.05) is 6.54 Å². The van der Waals surface area contributed by atoms with Crippen molar-refractivity contribution in [3.05, 3.63) is 57.8 Å². The first-order valence-corrected chi connectivity index (χ1v) is 7.70. The molecule has 2 rings (SSSR count). The van der Waals surface area contributed by atoms with E-state index in [0.717, 1.165) is 6.42 Å². The molecular formula is C16H20N2OS. The highest BCUT2D eigenvalue weighted by molar-refractivity contribution is 7.08. The number of amides is 1. The second kappa shape index (κ2) is 7.22. The predicted molar refractivity (Wildman–Crippen MR) is 83.6 cm³/mol. The first kappa shape index (κ1) is 14.8. The van der Waals surface area contributed by atoms with Crippen molar-refractivity contribution in [3.63, 3.8) is 0 Å². The van der Waals surface area contributed by atoms with Crippen LogP contribution in [0.25, 0.3) is 0 Å². The number of nitrogens with two attached hydrogens (primary N) is 1. The summed E-state index contributed by atoms with van der Waals surface area (Å²) in [6.07, 6.45) is 1.49. The van der Waals surface area contributed by atoms with Gasteiger partial charge in [-0.05, 0) is 47.2 Å². The highest BCUT2D eigenvalue weighted by Crippen LogP contribution is 2.13. The van der Waals surface area contributed by atoms with Crippen LogP contribution in [0.2, 0.25) is 0 Å². The van der Waals surface area contributed by atoms with E-state index in [9.17, 15) is 4.79 Å². The minimum atomic E-state index is -0.450. The third-order valence-corrected chi connectivity index (χ3v) is 4.25. The fourth-order valence-corrected chi connectivity index (χ4v) is 2.84. The molecule has 106 valence electrons. The van der Waals surface area contributed by atoms with Crippen molar-refractivity contribution in [1.29, 1.82) is 0 Å². The number of rotatable bonds is 6. The van der Waals surface area contributed by atoms with Crippen molar-refractivity contribution in [1.82, 2.24) is 5.32 Å². The fourth-order valence-electron chi connectivity index (χ4n) is 1.98. The smallest absolute Gasteiger partial charge is 0.237 e. The van der Waals surface area contributed by atoms with Crippen LogP contribution in [-0.2, 0) is 17.8 Å². The zero-order valence-corrected chi connectivity index (χ0v) is 12.5. The van der Waals surface area contributed by atoms with Gasteiger partial charge in [0.25, 0.3) is 0 Å². The zero-order valence-electron chi connectivity index (χ0n) is 11.6. The Morgan fingerprint density at radius 3 is 2.70 bits per heavy atom. The Hall–Kier alpha value is -1.65. The molecule has 1 amide bonds. The summed E-state index contributed by atoms with van der Waals surface area (Å²) in [7, 11) is 0. The van der Waals surface area contributed by atoms with Crippen LogP contribution in [0.1, 0.15) is 23.1 Å². The molecule has 0 radical (unpaired) electrons. The number of nitrogens with one attached hydrogen (secondary N) is 1. The third kappa shape index (κ3) is 4.18. The number of carbonyl (C=O) groups excluding carboxylic acids is 1. The Labute approximate surface area is 123 Å². The minimum Gasteiger partial charge on any atom is -0.351 e. The lowest BCUT2D eigenvalue weighted by molar-refractivity contribution is -0.122. The molecule has 3 N–H and O–H groups in total. The maximum Gasteiger partial charge on any atom is 0.237 e. The quantitative estimate of drug-likeness (QED) is 0.858. The first-order valence-electron chi connectivity index (χ1n) is 6.75. The van der Waals surface area contributed by atoms with Crippen molar-refractivity contribution in [2.45, 2.75) is 32.4 Å². The molecule has 0 saturated heterocycles. The fraction of sp³-hybridized carbons (Fsp3) is 0.312. The van der Waals surface area contributed by atoms with Gasteiger partial charge in [-0.3, -0.25) is 4.79 Å². The van der Waals surface area contributed by atoms with Gasteiger partial charge >= 0.3 is 0 Å². The number of aryl methyl sites for hydroxylation is 2. The number of carbonyl (C=O) groups is 1. The Balaban J connectivity index is 1.76. The van der Waals surface area contributed by atoms with Crippen molar-refractivity contribution < 1.29 is 4.79 Å². The second-order valence-corrected chi connectivity index (χ2v) is 5.67. The average Bonchev–Trinajstić information content (AvgIpc) is 2.88. The molecule has 0 aliphatic carbocycles. The lowest BCUT2D eigenvalue weighted by Crippen LogP contribution is -2.40. The minimum absolute atomic E-state index is 0.0773. The maximum absolute atomic E-state index is 11.9. The van der Waals surface area contributed by atoms with Crippen LogP contribution in [0.5, 0.6) is 0 Å². The summed E-state index contributed by atoms with van der Waals surface area (Å²) in [5.41, 5.74) is 9.53. The molecule has 3 nitrogen and oxygen atoms in total. The number of hydrogen-bond acceptors (Lipinski definition) is 3. The summed E-state index contributed by atoms with van der Waals surface area (Å²) >= 11 is 1.65. The van der Waals surface area contributed by atoms with E-state index in [1.54, 1.807) is 11.3 Å². The number of hydrogen-bond donors (Lipinski definition) is 2. The Bertz CT molecular complexity index is 551. The molecule has 0 aliphatic rings. The molecule has 0 bridgehead atoms. The average molecular weight is 288 g/mol. The molecule has 1 heterocycles. The highest BCUT2D eigenvalue weighted by Gasteiger charge is 2.13. The molecule has 2 aromatic rings. The van der Waals surface area contributed by atoms with Gasteiger partial charge in [0.1, 0.15) is 0 Å². The van der Waals surface area contributed by atoms with Crippen LogP contribution in [0.3, 0.4) is 0 Å². The second-order valence-electron chi connectivity index (χ2n) is 4.93. The van der Waals surface area contributed by atoms with Crippen molar-refractivity contribution in [3.8, 4) is 0 Å². The van der Waals surface area contributed by atoms with Gasteiger partial charge < -0.3 is 11.1 Å². The van der Waals surface area contributed by atoms with Crippen LogP contribution in [0.15, 0.2) is 41.1 Å². The van der Waals surface area contributed by atoms with E-state index >= 15 is 0 Å². The molecular weight excluding hydrogens is 268 g/mol. The summed E-state index contributed by atoms with van der Waals surface area (Å²) in [5, 5.41) is 7.05. The normalized spacial score (nSPS) is 12.1. The molecule has 20 heavy (non-hydrogen) atoms. The Morgan fingerprint density at radius 1 is 1.30 bits per heavy atom. The van der Waals surface area contributed by atoms with E-state index in [1.165, 1.54) is 16.7 Å². The molecule has 0 fully saturated rings. The molecule has 0 spiro atoms. The summed E-state index contributed by atoms with van der Waals surface area (Å²) in [5.74, 6) is -0.0773. The largest absolute Gasteiger partial charge is 0.351 e. The van der Waals surface area contributed by atoms with Gasteiger partial charge in [-0.15, -0.1) is 0 Å². The van der Waals surface area contributed by atoms with Gasteiger partial charge in [-0.2, -0.15) is 11.3 Å². The molecule has 1 atom stereocenters. The first-order chi connectivity index (χ1) is 9.66. The number of benzene rings is 1. The SMILES string of the molecule is Cc1cscc1CNC(=O)[C@@H](N)CCc1ccccc1. The molecule has 1 aromatic carbocycles. The third-order valence-electron chi connectivity index (χ3n) is 3.34. The lowest BCUT2D eigenvalue weighted by atomic mass is 10.1. The van der Waals surface area contributed by atoms with Gasteiger partial charge in [0.05, 0.1) is 6.04 Å². The van der Waals surface area contributed by atoms with E-state index in [-0.39, 0.29) is 5.91 Å². The molecule has 0 saturated carbocycles. The van der Waals surface area contributed by atoms with Gasteiger partial charge in [0.15, 0.2) is 0 Å². The van der Waals surface area contributed by atoms with Crippen molar-refractivity contribution in [2.75, 3.05) is 0 Å². The van der Waals surface area contributed by atoms with Crippen LogP contribution in [0.4, 0.5) is 0 Å². The van der Waals surface area contributed by atoms with Gasteiger partial charge in [0.2, 0.25) is 5.91 Å². The van der Waals surface area contributed by atoms with Gasteiger partial charge in [-0.1, -0.05) is 30.3 Å². The van der Waals surface area contributed by atoms with Crippen molar-refractivity contribution in [2.24, 2.45) is 5.73 Å². The Kier molecular flexibility index (Phi) is 5.32. The maximum atomic E-state index is 11.9. The molecule has 0 unspecified atom stereocenters. The van der Waals surface area contributed by atoms with Crippen LogP contribution in [-0.4, -0.2) is 11.9 Å².